The van der Waals surface area contributed by atoms with Crippen molar-refractivity contribution in [3.05, 3.63) is 35.4 Å². The van der Waals surface area contributed by atoms with Gasteiger partial charge in [0.25, 0.3) is 0 Å². The molecule has 1 saturated heterocycles. The molecule has 0 bridgehead atoms. The molecule has 0 saturated carbocycles. The zero-order chi connectivity index (χ0) is 15.2. The van der Waals surface area contributed by atoms with Crippen LogP contribution >= 0.6 is 0 Å². The molecule has 0 unspecified atom stereocenters. The molecule has 1 aromatic rings. The van der Waals surface area contributed by atoms with Crippen LogP contribution in [0, 0.1) is 5.92 Å². The number of nitrogens with zero attached hydrogens (tertiary/aromatic N) is 1. The quantitative estimate of drug-likeness (QED) is 0.837. The smallest absolute Gasteiger partial charge is 0.303 e. The lowest BCUT2D eigenvalue weighted by atomic mass is 9.92. The van der Waals surface area contributed by atoms with Gasteiger partial charge in [0.05, 0.1) is 0 Å². The molecule has 0 spiro atoms. The number of aliphatic carboxylic acids is 1. The van der Waals surface area contributed by atoms with Crippen LogP contribution in [0.4, 0.5) is 0 Å². The van der Waals surface area contributed by atoms with Crippen LogP contribution in [0.25, 0.3) is 0 Å². The molecule has 1 fully saturated rings. The van der Waals surface area contributed by atoms with E-state index in [2.05, 4.69) is 4.90 Å². The van der Waals surface area contributed by atoms with E-state index < -0.39 is 11.9 Å². The molecular weight excluding hydrogens is 268 g/mol. The number of amides is 1. The van der Waals surface area contributed by atoms with E-state index in [9.17, 15) is 9.59 Å². The van der Waals surface area contributed by atoms with Crippen molar-refractivity contribution < 1.29 is 14.7 Å². The second-order valence-corrected chi connectivity index (χ2v) is 5.71. The Morgan fingerprint density at radius 2 is 1.81 bits per heavy atom. The fourth-order valence-electron chi connectivity index (χ4n) is 2.79. The van der Waals surface area contributed by atoms with Gasteiger partial charge >= 0.3 is 5.97 Å². The number of piperidine rings is 1. The Balaban J connectivity index is 1.78. The summed E-state index contributed by atoms with van der Waals surface area (Å²) in [5, 5.41) is 8.71. The molecule has 21 heavy (non-hydrogen) atoms. The summed E-state index contributed by atoms with van der Waals surface area (Å²) in [6.45, 7) is 2.87. The van der Waals surface area contributed by atoms with Gasteiger partial charge in [0.2, 0.25) is 5.91 Å². The van der Waals surface area contributed by atoms with Crippen LogP contribution in [0.1, 0.15) is 41.6 Å². The fourth-order valence-corrected chi connectivity index (χ4v) is 2.79. The van der Waals surface area contributed by atoms with Crippen molar-refractivity contribution in [2.45, 2.75) is 32.2 Å². The van der Waals surface area contributed by atoms with Crippen molar-refractivity contribution in [1.82, 2.24) is 4.90 Å². The number of nitrogens with two attached hydrogens (primary N) is 1. The van der Waals surface area contributed by atoms with Gasteiger partial charge in [0.1, 0.15) is 0 Å². The monoisotopic (exact) mass is 290 g/mol. The van der Waals surface area contributed by atoms with Crippen LogP contribution < -0.4 is 5.73 Å². The summed E-state index contributed by atoms with van der Waals surface area (Å²) >= 11 is 0. The normalized spacial score (nSPS) is 16.8. The molecule has 5 nitrogen and oxygen atoms in total. The Kier molecular flexibility index (Phi) is 5.33. The van der Waals surface area contributed by atoms with E-state index in [1.54, 1.807) is 12.1 Å². The largest absolute Gasteiger partial charge is 0.481 e. The molecule has 5 heteroatoms. The van der Waals surface area contributed by atoms with Crippen molar-refractivity contribution in [2.75, 3.05) is 13.1 Å². The van der Waals surface area contributed by atoms with Gasteiger partial charge in [-0.1, -0.05) is 12.1 Å². The molecule has 1 amide bonds. The predicted molar refractivity (Wildman–Crippen MR) is 79.8 cm³/mol. The third kappa shape index (κ3) is 4.86. The standard InChI is InChI=1S/C16H22N2O3/c17-16(21)14-4-1-13(2-5-14)11-18-9-7-12(8-10-18)3-6-15(19)20/h1-2,4-5,12H,3,6-11H2,(H2,17,21)(H,19,20). The van der Waals surface area contributed by atoms with E-state index in [1.165, 1.54) is 5.56 Å². The van der Waals surface area contributed by atoms with Gasteiger partial charge in [-0.25, -0.2) is 0 Å². The van der Waals surface area contributed by atoms with Gasteiger partial charge in [-0.2, -0.15) is 0 Å². The second-order valence-electron chi connectivity index (χ2n) is 5.71. The van der Waals surface area contributed by atoms with Crippen LogP contribution in [0.15, 0.2) is 24.3 Å². The summed E-state index contributed by atoms with van der Waals surface area (Å²) in [4.78, 5) is 24.0. The number of primary amides is 1. The minimum atomic E-state index is -0.702. The SMILES string of the molecule is NC(=O)c1ccc(CN2CCC(CCC(=O)O)CC2)cc1. The first kappa shape index (κ1) is 15.5. The van der Waals surface area contributed by atoms with Crippen molar-refractivity contribution in [3.63, 3.8) is 0 Å². The first-order valence-corrected chi connectivity index (χ1v) is 7.37. The molecule has 0 atom stereocenters. The highest BCUT2D eigenvalue weighted by atomic mass is 16.4. The molecule has 0 aliphatic carbocycles. The number of carboxylic acid groups (broad SMARTS) is 1. The third-order valence-electron chi connectivity index (χ3n) is 4.12. The predicted octanol–water partition coefficient (Wildman–Crippen LogP) is 1.86. The Bertz CT molecular complexity index is 491. The highest BCUT2D eigenvalue weighted by Gasteiger charge is 2.19. The highest BCUT2D eigenvalue weighted by molar-refractivity contribution is 5.92. The van der Waals surface area contributed by atoms with Gasteiger partial charge in [-0.3, -0.25) is 14.5 Å². The van der Waals surface area contributed by atoms with Crippen LogP contribution in [0.3, 0.4) is 0 Å². The minimum Gasteiger partial charge on any atom is -0.481 e. The Labute approximate surface area is 124 Å². The van der Waals surface area contributed by atoms with Crippen LogP contribution in [0.2, 0.25) is 0 Å². The highest BCUT2D eigenvalue weighted by Crippen LogP contribution is 2.23. The number of rotatable bonds is 6. The van der Waals surface area contributed by atoms with Crippen molar-refractivity contribution in [3.8, 4) is 0 Å². The molecule has 1 aromatic carbocycles. The number of carbonyl (C=O) groups is 2. The van der Waals surface area contributed by atoms with Crippen LogP contribution in [-0.2, 0) is 11.3 Å². The van der Waals surface area contributed by atoms with Gasteiger partial charge in [0.15, 0.2) is 0 Å². The third-order valence-corrected chi connectivity index (χ3v) is 4.12. The molecule has 1 aliphatic rings. The fraction of sp³-hybridized carbons (Fsp3) is 0.500. The zero-order valence-corrected chi connectivity index (χ0v) is 12.1. The summed E-state index contributed by atoms with van der Waals surface area (Å²) < 4.78 is 0. The van der Waals surface area contributed by atoms with Crippen molar-refractivity contribution >= 4 is 11.9 Å². The Morgan fingerprint density at radius 1 is 1.19 bits per heavy atom. The summed E-state index contributed by atoms with van der Waals surface area (Å²) in [5.41, 5.74) is 6.93. The van der Waals surface area contributed by atoms with Gasteiger partial charge in [-0.15, -0.1) is 0 Å². The number of carboxylic acids is 1. The molecule has 1 heterocycles. The topological polar surface area (TPSA) is 83.6 Å². The second kappa shape index (κ2) is 7.22. The number of hydrogen-bond acceptors (Lipinski definition) is 3. The first-order chi connectivity index (χ1) is 10.0. The molecular formula is C16H22N2O3. The molecule has 3 N–H and O–H groups in total. The molecule has 0 aromatic heterocycles. The van der Waals surface area contributed by atoms with E-state index in [-0.39, 0.29) is 6.42 Å². The molecule has 0 radical (unpaired) electrons. The van der Waals surface area contributed by atoms with Gasteiger partial charge in [-0.05, 0) is 56.0 Å². The summed E-state index contributed by atoms with van der Waals surface area (Å²) in [5.74, 6) is -0.567. The number of likely N-dealkylation sites (tertiary alicyclic amines) is 1. The Hall–Kier alpha value is -1.88. The van der Waals surface area contributed by atoms with E-state index in [0.29, 0.717) is 11.5 Å². The van der Waals surface area contributed by atoms with Gasteiger partial charge in [0, 0.05) is 18.5 Å². The number of hydrogen-bond donors (Lipinski definition) is 2. The maximum absolute atomic E-state index is 11.0. The molecule has 114 valence electrons. The maximum atomic E-state index is 11.0. The van der Waals surface area contributed by atoms with E-state index in [0.717, 1.165) is 38.9 Å². The summed E-state index contributed by atoms with van der Waals surface area (Å²) in [7, 11) is 0. The lowest BCUT2D eigenvalue weighted by molar-refractivity contribution is -0.137. The summed E-state index contributed by atoms with van der Waals surface area (Å²) in [6, 6.07) is 7.40. The van der Waals surface area contributed by atoms with Crippen LogP contribution in [-0.4, -0.2) is 35.0 Å². The Morgan fingerprint density at radius 3 is 2.33 bits per heavy atom. The number of benzene rings is 1. The molecule has 2 rings (SSSR count). The maximum Gasteiger partial charge on any atom is 0.303 e. The zero-order valence-electron chi connectivity index (χ0n) is 12.1. The van der Waals surface area contributed by atoms with E-state index >= 15 is 0 Å². The van der Waals surface area contributed by atoms with E-state index in [4.69, 9.17) is 10.8 Å². The van der Waals surface area contributed by atoms with Gasteiger partial charge < -0.3 is 10.8 Å². The van der Waals surface area contributed by atoms with Crippen LogP contribution in [0.5, 0.6) is 0 Å². The average Bonchev–Trinajstić information content (AvgIpc) is 2.47. The average molecular weight is 290 g/mol. The number of carbonyl (C=O) groups excluding carboxylic acids is 1. The first-order valence-electron chi connectivity index (χ1n) is 7.37. The van der Waals surface area contributed by atoms with Crippen molar-refractivity contribution in [1.29, 1.82) is 0 Å². The summed E-state index contributed by atoms with van der Waals surface area (Å²) in [6.07, 6.45) is 3.19. The van der Waals surface area contributed by atoms with Crippen molar-refractivity contribution in [2.24, 2.45) is 11.7 Å². The minimum absolute atomic E-state index is 0.277. The lowest BCUT2D eigenvalue weighted by Crippen LogP contribution is -2.33. The molecule has 1 aliphatic heterocycles. The lowest BCUT2D eigenvalue weighted by Gasteiger charge is -2.31. The van der Waals surface area contributed by atoms with E-state index in [1.807, 2.05) is 12.1 Å².